The van der Waals surface area contributed by atoms with Crippen molar-refractivity contribution in [2.24, 2.45) is 0 Å². The molecule has 1 atom stereocenters. The van der Waals surface area contributed by atoms with Crippen LogP contribution in [0.2, 0.25) is 0 Å². The van der Waals surface area contributed by atoms with Crippen molar-refractivity contribution < 1.29 is 13.2 Å². The lowest BCUT2D eigenvalue weighted by Crippen LogP contribution is -2.39. The molecule has 7 nitrogen and oxygen atoms in total. The highest BCUT2D eigenvalue weighted by Crippen LogP contribution is 2.24. The predicted octanol–water partition coefficient (Wildman–Crippen LogP) is 1.52. The van der Waals surface area contributed by atoms with Crippen LogP contribution in [0.15, 0.2) is 35.1 Å². The number of para-hydroxylation sites is 2. The minimum absolute atomic E-state index is 0.0255. The molecule has 8 heteroatoms. The van der Waals surface area contributed by atoms with Gasteiger partial charge >= 0.3 is 5.69 Å². The summed E-state index contributed by atoms with van der Waals surface area (Å²) in [7, 11) is -3.06. The number of rotatable bonds is 4. The van der Waals surface area contributed by atoms with Gasteiger partial charge in [-0.15, -0.1) is 0 Å². The standard InChI is InChI=1S/C19H23N3O4S/c23-18(20-14-10-11-27(25,26)13-14)12-21-16-8-4-5-9-17(16)22(19(21)24)15-6-2-1-3-7-15/h4-6,8-9,14H,1-3,7,10-13H2,(H,20,23)/t14-/m1/s1. The predicted molar refractivity (Wildman–Crippen MR) is 104 cm³/mol. The third kappa shape index (κ3) is 3.58. The highest BCUT2D eigenvalue weighted by Gasteiger charge is 2.29. The molecule has 1 aliphatic heterocycles. The first-order chi connectivity index (χ1) is 12.9. The highest BCUT2D eigenvalue weighted by molar-refractivity contribution is 7.91. The molecule has 0 unspecified atom stereocenters. The van der Waals surface area contributed by atoms with E-state index in [-0.39, 0.29) is 35.7 Å². The van der Waals surface area contributed by atoms with Gasteiger partial charge in [0.05, 0.1) is 22.5 Å². The first-order valence-electron chi connectivity index (χ1n) is 9.34. The summed E-state index contributed by atoms with van der Waals surface area (Å²) in [4.78, 5) is 25.5. The number of hydrogen-bond donors (Lipinski definition) is 1. The van der Waals surface area contributed by atoms with E-state index in [1.54, 1.807) is 4.57 Å². The van der Waals surface area contributed by atoms with Gasteiger partial charge in [-0.1, -0.05) is 18.2 Å². The van der Waals surface area contributed by atoms with Crippen LogP contribution in [-0.4, -0.2) is 41.0 Å². The number of sulfone groups is 1. The molecule has 1 aromatic carbocycles. The Kier molecular flexibility index (Phi) is 4.67. The molecule has 0 bridgehead atoms. The molecule has 1 N–H and O–H groups in total. The number of amides is 1. The number of carbonyl (C=O) groups excluding carboxylic acids is 1. The van der Waals surface area contributed by atoms with Gasteiger partial charge in [0.25, 0.3) is 0 Å². The van der Waals surface area contributed by atoms with Crippen molar-refractivity contribution in [3.8, 4) is 0 Å². The van der Waals surface area contributed by atoms with Crippen LogP contribution in [0.25, 0.3) is 16.7 Å². The smallest absolute Gasteiger partial charge is 0.333 e. The quantitative estimate of drug-likeness (QED) is 0.858. The zero-order valence-corrected chi connectivity index (χ0v) is 15.9. The van der Waals surface area contributed by atoms with E-state index in [1.165, 1.54) is 4.57 Å². The molecule has 2 aromatic rings. The molecule has 1 fully saturated rings. The fourth-order valence-electron chi connectivity index (χ4n) is 3.99. The third-order valence-electron chi connectivity index (χ3n) is 5.29. The van der Waals surface area contributed by atoms with Crippen LogP contribution < -0.4 is 11.0 Å². The number of carbonyl (C=O) groups is 1. The van der Waals surface area contributed by atoms with Crippen LogP contribution in [0.5, 0.6) is 0 Å². The second kappa shape index (κ2) is 6.99. The number of nitrogens with zero attached hydrogens (tertiary/aromatic N) is 2. The summed E-state index contributed by atoms with van der Waals surface area (Å²) >= 11 is 0. The Morgan fingerprint density at radius 3 is 2.63 bits per heavy atom. The Labute approximate surface area is 157 Å². The van der Waals surface area contributed by atoms with Gasteiger partial charge < -0.3 is 5.32 Å². The first kappa shape index (κ1) is 18.0. The Morgan fingerprint density at radius 2 is 1.96 bits per heavy atom. The van der Waals surface area contributed by atoms with Crippen LogP contribution in [-0.2, 0) is 21.2 Å². The van der Waals surface area contributed by atoms with Gasteiger partial charge in [0.15, 0.2) is 9.84 Å². The van der Waals surface area contributed by atoms with Crippen molar-refractivity contribution in [2.75, 3.05) is 11.5 Å². The average Bonchev–Trinajstić information content (AvgIpc) is 3.12. The summed E-state index contributed by atoms with van der Waals surface area (Å²) in [6.45, 7) is -0.115. The zero-order valence-electron chi connectivity index (χ0n) is 15.1. The van der Waals surface area contributed by atoms with Crippen molar-refractivity contribution in [3.05, 3.63) is 40.8 Å². The van der Waals surface area contributed by atoms with Gasteiger partial charge in [-0.3, -0.25) is 13.9 Å². The maximum atomic E-state index is 13.1. The van der Waals surface area contributed by atoms with Crippen LogP contribution >= 0.6 is 0 Å². The monoisotopic (exact) mass is 389 g/mol. The van der Waals surface area contributed by atoms with E-state index in [4.69, 9.17) is 0 Å². The molecule has 0 spiro atoms. The van der Waals surface area contributed by atoms with E-state index in [0.717, 1.165) is 36.9 Å². The fraction of sp³-hybridized carbons (Fsp3) is 0.474. The van der Waals surface area contributed by atoms with Crippen LogP contribution in [0, 0.1) is 0 Å². The largest absolute Gasteiger partial charge is 0.351 e. The Balaban J connectivity index is 1.64. The average molecular weight is 389 g/mol. The summed E-state index contributed by atoms with van der Waals surface area (Å²) in [5.41, 5.74) is 2.28. The Hall–Kier alpha value is -2.35. The van der Waals surface area contributed by atoms with Gasteiger partial charge in [0, 0.05) is 11.7 Å². The second-order valence-corrected chi connectivity index (χ2v) is 9.53. The summed E-state index contributed by atoms with van der Waals surface area (Å²) in [5, 5.41) is 2.76. The number of hydrogen-bond acceptors (Lipinski definition) is 4. The molecule has 0 saturated carbocycles. The third-order valence-corrected chi connectivity index (χ3v) is 7.06. The van der Waals surface area contributed by atoms with Gasteiger partial charge in [0.2, 0.25) is 5.91 Å². The van der Waals surface area contributed by atoms with E-state index in [2.05, 4.69) is 11.4 Å². The molecule has 27 heavy (non-hydrogen) atoms. The SMILES string of the molecule is O=C(Cn1c(=O)n(C2=CCCCC2)c2ccccc21)N[C@@H]1CCS(=O)(=O)C1. The lowest BCUT2D eigenvalue weighted by Gasteiger charge is -2.13. The number of nitrogens with one attached hydrogen (secondary N) is 1. The number of aromatic nitrogens is 2. The first-order valence-corrected chi connectivity index (χ1v) is 11.2. The topological polar surface area (TPSA) is 90.2 Å². The van der Waals surface area contributed by atoms with Gasteiger partial charge in [-0.2, -0.15) is 0 Å². The molecule has 1 aliphatic carbocycles. The number of benzene rings is 1. The van der Waals surface area contributed by atoms with Crippen molar-refractivity contribution >= 4 is 32.5 Å². The molecular weight excluding hydrogens is 366 g/mol. The molecule has 1 aromatic heterocycles. The minimum atomic E-state index is -3.06. The second-order valence-electron chi connectivity index (χ2n) is 7.30. The summed E-state index contributed by atoms with van der Waals surface area (Å²) in [6.07, 6.45) is 6.51. The normalized spacial score (nSPS) is 21.9. The lowest BCUT2D eigenvalue weighted by atomic mass is 10.0. The van der Waals surface area contributed by atoms with Crippen LogP contribution in [0.3, 0.4) is 0 Å². The van der Waals surface area contributed by atoms with Crippen molar-refractivity contribution in [2.45, 2.75) is 44.7 Å². The van der Waals surface area contributed by atoms with Gasteiger partial charge in [0.1, 0.15) is 6.54 Å². The maximum absolute atomic E-state index is 13.1. The summed E-state index contributed by atoms with van der Waals surface area (Å²) < 4.78 is 26.3. The molecule has 1 saturated heterocycles. The molecule has 2 aliphatic rings. The molecule has 1 amide bonds. The fourth-order valence-corrected chi connectivity index (χ4v) is 5.66. The molecule has 0 radical (unpaired) electrons. The van der Waals surface area contributed by atoms with Crippen LogP contribution in [0.1, 0.15) is 32.1 Å². The molecule has 144 valence electrons. The minimum Gasteiger partial charge on any atom is -0.351 e. The molecule has 4 rings (SSSR count). The van der Waals surface area contributed by atoms with E-state index in [1.807, 2.05) is 24.3 Å². The van der Waals surface area contributed by atoms with Crippen molar-refractivity contribution in [1.82, 2.24) is 14.5 Å². The Bertz CT molecular complexity index is 1080. The van der Waals surface area contributed by atoms with Gasteiger partial charge in [-0.25, -0.2) is 13.2 Å². The zero-order chi connectivity index (χ0) is 19.0. The van der Waals surface area contributed by atoms with Crippen molar-refractivity contribution in [1.29, 1.82) is 0 Å². The number of imidazole rings is 1. The van der Waals surface area contributed by atoms with Crippen LogP contribution in [0.4, 0.5) is 0 Å². The number of allylic oxidation sites excluding steroid dienone is 2. The van der Waals surface area contributed by atoms with Crippen molar-refractivity contribution in [3.63, 3.8) is 0 Å². The summed E-state index contributed by atoms with van der Waals surface area (Å²) in [5.74, 6) is -0.257. The van der Waals surface area contributed by atoms with Gasteiger partial charge in [-0.05, 0) is 44.2 Å². The molecular formula is C19H23N3O4S. The van der Waals surface area contributed by atoms with E-state index >= 15 is 0 Å². The highest BCUT2D eigenvalue weighted by atomic mass is 32.2. The van der Waals surface area contributed by atoms with E-state index in [9.17, 15) is 18.0 Å². The Morgan fingerprint density at radius 1 is 1.19 bits per heavy atom. The molecule has 2 heterocycles. The summed E-state index contributed by atoms with van der Waals surface area (Å²) in [6, 6.07) is 7.09. The lowest BCUT2D eigenvalue weighted by molar-refractivity contribution is -0.122. The number of fused-ring (bicyclic) bond motifs is 1. The van der Waals surface area contributed by atoms with E-state index in [0.29, 0.717) is 11.9 Å². The maximum Gasteiger partial charge on any atom is 0.333 e. The van der Waals surface area contributed by atoms with E-state index < -0.39 is 9.84 Å².